The van der Waals surface area contributed by atoms with Crippen molar-refractivity contribution in [3.8, 4) is 5.75 Å². The lowest BCUT2D eigenvalue weighted by atomic mass is 10.2. The highest BCUT2D eigenvalue weighted by atomic mass is 35.5. The van der Waals surface area contributed by atoms with E-state index in [2.05, 4.69) is 10.0 Å². The first-order valence-corrected chi connectivity index (χ1v) is 10.7. The number of ether oxygens (including phenoxy) is 1. The lowest BCUT2D eigenvalue weighted by molar-refractivity contribution is 0.0947. The number of hydrogen-bond donors (Lipinski definition) is 2. The monoisotopic (exact) mass is 430 g/mol. The van der Waals surface area contributed by atoms with Crippen LogP contribution >= 0.6 is 11.6 Å². The third-order valence-corrected chi connectivity index (χ3v) is 5.63. The van der Waals surface area contributed by atoms with Crippen molar-refractivity contribution < 1.29 is 17.9 Å². The zero-order valence-corrected chi connectivity index (χ0v) is 16.9. The molecule has 3 aromatic carbocycles. The zero-order chi connectivity index (χ0) is 20.7. The Labute approximate surface area is 174 Å². The average Bonchev–Trinajstić information content (AvgIpc) is 2.72. The molecule has 0 aliphatic carbocycles. The Morgan fingerprint density at radius 1 is 0.931 bits per heavy atom. The van der Waals surface area contributed by atoms with E-state index in [-0.39, 0.29) is 27.1 Å². The van der Waals surface area contributed by atoms with Crippen LogP contribution in [0.5, 0.6) is 5.75 Å². The van der Waals surface area contributed by atoms with E-state index < -0.39 is 10.0 Å². The first kappa shape index (κ1) is 20.7. The maximum absolute atomic E-state index is 12.4. The molecule has 0 aliphatic rings. The molecular formula is C21H19ClN2O4S. The Morgan fingerprint density at radius 2 is 1.59 bits per heavy atom. The molecule has 0 bridgehead atoms. The Hall–Kier alpha value is -3.03. The molecular weight excluding hydrogens is 412 g/mol. The second-order valence-corrected chi connectivity index (χ2v) is 8.12. The van der Waals surface area contributed by atoms with Crippen LogP contribution in [0.2, 0.25) is 5.02 Å². The van der Waals surface area contributed by atoms with E-state index in [9.17, 15) is 13.2 Å². The summed E-state index contributed by atoms with van der Waals surface area (Å²) in [7, 11) is -3.73. The van der Waals surface area contributed by atoms with E-state index in [1.807, 2.05) is 30.3 Å². The summed E-state index contributed by atoms with van der Waals surface area (Å²) in [5.74, 6) is 0.346. The minimum atomic E-state index is -3.73. The standard InChI is InChI=1S/C21H19ClN2O4S/c22-20-15-16(24-29(26,27)18-9-5-2-6-10-18)11-12-19(20)21(25)23-13-14-28-17-7-3-1-4-8-17/h1-12,15,24H,13-14H2,(H,23,25). The van der Waals surface area contributed by atoms with Crippen molar-refractivity contribution in [2.24, 2.45) is 0 Å². The molecule has 8 heteroatoms. The Kier molecular flexibility index (Phi) is 6.74. The number of sulfonamides is 1. The normalized spacial score (nSPS) is 10.9. The van der Waals surface area contributed by atoms with Crippen molar-refractivity contribution >= 4 is 33.2 Å². The molecule has 2 N–H and O–H groups in total. The Bertz CT molecular complexity index is 1070. The van der Waals surface area contributed by atoms with Crippen molar-refractivity contribution in [3.05, 3.63) is 89.4 Å². The van der Waals surface area contributed by atoms with Crippen LogP contribution in [0.3, 0.4) is 0 Å². The summed E-state index contributed by atoms with van der Waals surface area (Å²) in [6.07, 6.45) is 0. The molecule has 0 saturated heterocycles. The van der Waals surface area contributed by atoms with Crippen molar-refractivity contribution in [1.29, 1.82) is 0 Å². The zero-order valence-electron chi connectivity index (χ0n) is 15.3. The summed E-state index contributed by atoms with van der Waals surface area (Å²) in [5, 5.41) is 2.86. The van der Waals surface area contributed by atoms with Gasteiger partial charge in [0, 0.05) is 0 Å². The molecule has 0 unspecified atom stereocenters. The van der Waals surface area contributed by atoms with Gasteiger partial charge < -0.3 is 10.1 Å². The molecule has 0 heterocycles. The van der Waals surface area contributed by atoms with Gasteiger partial charge in [0.25, 0.3) is 15.9 Å². The Morgan fingerprint density at radius 3 is 2.24 bits per heavy atom. The molecule has 6 nitrogen and oxygen atoms in total. The molecule has 0 saturated carbocycles. The molecule has 0 aromatic heterocycles. The first-order chi connectivity index (χ1) is 14.0. The van der Waals surface area contributed by atoms with Gasteiger partial charge in [0.1, 0.15) is 12.4 Å². The smallest absolute Gasteiger partial charge is 0.261 e. The highest BCUT2D eigenvalue weighted by Crippen LogP contribution is 2.23. The summed E-state index contributed by atoms with van der Waals surface area (Å²) in [6, 6.07) is 21.6. The van der Waals surface area contributed by atoms with Crippen LogP contribution in [0.25, 0.3) is 0 Å². The molecule has 0 fully saturated rings. The van der Waals surface area contributed by atoms with Gasteiger partial charge in [-0.3, -0.25) is 9.52 Å². The Balaban J connectivity index is 1.58. The summed E-state index contributed by atoms with van der Waals surface area (Å²) in [4.78, 5) is 12.4. The maximum Gasteiger partial charge on any atom is 0.261 e. The van der Waals surface area contributed by atoms with E-state index in [4.69, 9.17) is 16.3 Å². The summed E-state index contributed by atoms with van der Waals surface area (Å²) < 4.78 is 32.7. The molecule has 0 atom stereocenters. The predicted molar refractivity (Wildman–Crippen MR) is 113 cm³/mol. The van der Waals surface area contributed by atoms with Gasteiger partial charge in [-0.25, -0.2) is 8.42 Å². The van der Waals surface area contributed by atoms with Gasteiger partial charge in [-0.2, -0.15) is 0 Å². The second-order valence-electron chi connectivity index (χ2n) is 6.03. The number of anilines is 1. The summed E-state index contributed by atoms with van der Waals surface area (Å²) in [5.41, 5.74) is 0.511. The number of carbonyl (C=O) groups is 1. The van der Waals surface area contributed by atoms with Crippen LogP contribution in [0.15, 0.2) is 83.8 Å². The molecule has 0 aliphatic heterocycles. The van der Waals surface area contributed by atoms with Crippen LogP contribution in [0.4, 0.5) is 5.69 Å². The number of amides is 1. The SMILES string of the molecule is O=C(NCCOc1ccccc1)c1ccc(NS(=O)(=O)c2ccccc2)cc1Cl. The number of hydrogen-bond acceptors (Lipinski definition) is 4. The number of benzene rings is 3. The fourth-order valence-electron chi connectivity index (χ4n) is 2.52. The molecule has 150 valence electrons. The highest BCUT2D eigenvalue weighted by molar-refractivity contribution is 7.92. The van der Waals surface area contributed by atoms with Crippen molar-refractivity contribution in [1.82, 2.24) is 5.32 Å². The van der Waals surface area contributed by atoms with Crippen molar-refractivity contribution in [2.45, 2.75) is 4.90 Å². The number of nitrogens with one attached hydrogen (secondary N) is 2. The van der Waals surface area contributed by atoms with E-state index >= 15 is 0 Å². The molecule has 0 radical (unpaired) electrons. The van der Waals surface area contributed by atoms with Gasteiger partial charge >= 0.3 is 0 Å². The van der Waals surface area contributed by atoms with Gasteiger partial charge in [0.05, 0.1) is 27.7 Å². The van der Waals surface area contributed by atoms with Gasteiger partial charge in [-0.1, -0.05) is 48.0 Å². The van der Waals surface area contributed by atoms with E-state index in [1.54, 1.807) is 18.2 Å². The topological polar surface area (TPSA) is 84.5 Å². The number of carbonyl (C=O) groups excluding carboxylic acids is 1. The number of rotatable bonds is 8. The second kappa shape index (κ2) is 9.45. The van der Waals surface area contributed by atoms with E-state index in [1.165, 1.54) is 30.3 Å². The molecule has 3 aromatic rings. The fourth-order valence-corrected chi connectivity index (χ4v) is 3.86. The highest BCUT2D eigenvalue weighted by Gasteiger charge is 2.16. The van der Waals surface area contributed by atoms with Crippen molar-refractivity contribution in [2.75, 3.05) is 17.9 Å². The minimum absolute atomic E-state index is 0.136. The quantitative estimate of drug-likeness (QED) is 0.530. The van der Waals surface area contributed by atoms with Gasteiger partial charge in [-0.15, -0.1) is 0 Å². The third-order valence-electron chi connectivity index (χ3n) is 3.92. The molecule has 3 rings (SSSR count). The number of para-hydroxylation sites is 1. The van der Waals surface area contributed by atoms with Gasteiger partial charge in [0.15, 0.2) is 0 Å². The maximum atomic E-state index is 12.4. The van der Waals surface area contributed by atoms with Crippen LogP contribution in [-0.2, 0) is 10.0 Å². The van der Waals surface area contributed by atoms with Crippen LogP contribution in [0, 0.1) is 0 Å². The van der Waals surface area contributed by atoms with Gasteiger partial charge in [0.2, 0.25) is 0 Å². The molecule has 29 heavy (non-hydrogen) atoms. The number of halogens is 1. The van der Waals surface area contributed by atoms with Crippen molar-refractivity contribution in [3.63, 3.8) is 0 Å². The van der Waals surface area contributed by atoms with E-state index in [0.717, 1.165) is 5.75 Å². The lowest BCUT2D eigenvalue weighted by Crippen LogP contribution is -2.28. The summed E-state index contributed by atoms with van der Waals surface area (Å²) in [6.45, 7) is 0.606. The van der Waals surface area contributed by atoms with Crippen LogP contribution < -0.4 is 14.8 Å². The summed E-state index contributed by atoms with van der Waals surface area (Å²) >= 11 is 6.18. The predicted octanol–water partition coefficient (Wildman–Crippen LogP) is 3.95. The molecule has 1 amide bonds. The van der Waals surface area contributed by atoms with Gasteiger partial charge in [-0.05, 0) is 42.5 Å². The largest absolute Gasteiger partial charge is 0.492 e. The van der Waals surface area contributed by atoms with E-state index in [0.29, 0.717) is 13.2 Å². The lowest BCUT2D eigenvalue weighted by Gasteiger charge is -2.11. The third kappa shape index (κ3) is 5.73. The van der Waals surface area contributed by atoms with Crippen LogP contribution in [-0.4, -0.2) is 27.5 Å². The van der Waals surface area contributed by atoms with Crippen LogP contribution in [0.1, 0.15) is 10.4 Å². The minimum Gasteiger partial charge on any atom is -0.492 e. The molecule has 0 spiro atoms. The first-order valence-electron chi connectivity index (χ1n) is 8.79. The average molecular weight is 431 g/mol. The fraction of sp³-hybridized carbons (Fsp3) is 0.0952.